The third-order valence-electron chi connectivity index (χ3n) is 4.80. The van der Waals surface area contributed by atoms with Gasteiger partial charge >= 0.3 is 0 Å². The van der Waals surface area contributed by atoms with Gasteiger partial charge in [0.1, 0.15) is 6.04 Å². The minimum Gasteiger partial charge on any atom is -0.378 e. The zero-order chi connectivity index (χ0) is 17.7. The number of piperazine rings is 1. The summed E-state index contributed by atoms with van der Waals surface area (Å²) in [5.74, 6) is 0.215. The number of anilines is 1. The van der Waals surface area contributed by atoms with Crippen LogP contribution in [0.4, 0.5) is 5.69 Å². The van der Waals surface area contributed by atoms with Crippen LogP contribution in [-0.2, 0) is 4.79 Å². The molecule has 0 aliphatic carbocycles. The van der Waals surface area contributed by atoms with E-state index in [1.165, 1.54) is 0 Å². The predicted octanol–water partition coefficient (Wildman–Crippen LogP) is 1.96. The third-order valence-corrected chi connectivity index (χ3v) is 4.80. The number of nitrogens with zero attached hydrogens (tertiary/aromatic N) is 3. The number of carbonyl (C=O) groups is 1. The van der Waals surface area contributed by atoms with Gasteiger partial charge in [-0.2, -0.15) is 0 Å². The number of rotatable bonds is 6. The van der Waals surface area contributed by atoms with Gasteiger partial charge in [-0.3, -0.25) is 9.69 Å². The van der Waals surface area contributed by atoms with Gasteiger partial charge in [-0.05, 0) is 38.5 Å². The summed E-state index contributed by atoms with van der Waals surface area (Å²) in [6.07, 6.45) is 0. The molecule has 1 aromatic carbocycles. The van der Waals surface area contributed by atoms with E-state index in [-0.39, 0.29) is 11.9 Å². The van der Waals surface area contributed by atoms with Crippen molar-refractivity contribution in [1.29, 1.82) is 0 Å². The molecular formula is C19H32N4O. The molecule has 0 saturated carbocycles. The van der Waals surface area contributed by atoms with Gasteiger partial charge in [0.05, 0.1) is 0 Å². The molecule has 0 bridgehead atoms. The Morgan fingerprint density at radius 3 is 2.38 bits per heavy atom. The van der Waals surface area contributed by atoms with E-state index in [2.05, 4.69) is 46.3 Å². The van der Waals surface area contributed by atoms with Crippen LogP contribution >= 0.6 is 0 Å². The molecule has 1 fully saturated rings. The fourth-order valence-corrected chi connectivity index (χ4v) is 3.37. The fraction of sp³-hybridized carbons (Fsp3) is 0.632. The topological polar surface area (TPSA) is 38.8 Å². The van der Waals surface area contributed by atoms with Crippen LogP contribution in [-0.4, -0.2) is 68.6 Å². The second-order valence-corrected chi connectivity index (χ2v) is 6.75. The maximum Gasteiger partial charge on any atom is 0.244 e. The Hall–Kier alpha value is -1.59. The van der Waals surface area contributed by atoms with Crippen LogP contribution in [0, 0.1) is 0 Å². The second kappa shape index (κ2) is 8.49. The molecule has 2 rings (SSSR count). The van der Waals surface area contributed by atoms with E-state index >= 15 is 0 Å². The lowest BCUT2D eigenvalue weighted by atomic mass is 10.0. The van der Waals surface area contributed by atoms with Crippen molar-refractivity contribution < 1.29 is 4.79 Å². The molecule has 1 N–H and O–H groups in total. The summed E-state index contributed by atoms with van der Waals surface area (Å²) < 4.78 is 0. The first kappa shape index (κ1) is 18.7. The summed E-state index contributed by atoms with van der Waals surface area (Å²) in [5.41, 5.74) is 2.24. The SMILES string of the molecule is CCN(CC)C(=O)C(c1ccc(N(C)C)cc1)N1CCNC(C)C1. The van der Waals surface area contributed by atoms with Crippen LogP contribution < -0.4 is 10.2 Å². The average Bonchev–Trinajstić information content (AvgIpc) is 2.57. The third kappa shape index (κ3) is 4.28. The molecule has 1 heterocycles. The average molecular weight is 332 g/mol. The van der Waals surface area contributed by atoms with Crippen LogP contribution in [0.1, 0.15) is 32.4 Å². The van der Waals surface area contributed by atoms with E-state index < -0.39 is 0 Å². The first-order valence-corrected chi connectivity index (χ1v) is 9.01. The monoisotopic (exact) mass is 332 g/mol. The van der Waals surface area contributed by atoms with Gasteiger partial charge in [-0.15, -0.1) is 0 Å². The summed E-state index contributed by atoms with van der Waals surface area (Å²) in [7, 11) is 4.07. The van der Waals surface area contributed by atoms with Crippen LogP contribution in [0.15, 0.2) is 24.3 Å². The Kier molecular flexibility index (Phi) is 6.63. The van der Waals surface area contributed by atoms with E-state index in [0.29, 0.717) is 6.04 Å². The van der Waals surface area contributed by atoms with Crippen molar-refractivity contribution in [2.45, 2.75) is 32.9 Å². The van der Waals surface area contributed by atoms with Gasteiger partial charge in [0.2, 0.25) is 5.91 Å². The molecular weight excluding hydrogens is 300 g/mol. The number of amides is 1. The fourth-order valence-electron chi connectivity index (χ4n) is 3.37. The minimum atomic E-state index is -0.189. The van der Waals surface area contributed by atoms with Gasteiger partial charge in [-0.25, -0.2) is 0 Å². The quantitative estimate of drug-likeness (QED) is 0.864. The highest BCUT2D eigenvalue weighted by Crippen LogP contribution is 2.26. The zero-order valence-electron chi connectivity index (χ0n) is 15.7. The van der Waals surface area contributed by atoms with Crippen molar-refractivity contribution in [1.82, 2.24) is 15.1 Å². The van der Waals surface area contributed by atoms with Crippen LogP contribution in [0.25, 0.3) is 0 Å². The molecule has 5 heteroatoms. The molecule has 1 aliphatic rings. The number of hydrogen-bond donors (Lipinski definition) is 1. The molecule has 0 aromatic heterocycles. The molecule has 0 radical (unpaired) electrons. The standard InChI is InChI=1S/C19H32N4O/c1-6-22(7-2)19(24)18(23-13-12-20-15(3)14-23)16-8-10-17(11-9-16)21(4)5/h8-11,15,18,20H,6-7,12-14H2,1-5H3. The second-order valence-electron chi connectivity index (χ2n) is 6.75. The summed E-state index contributed by atoms with van der Waals surface area (Å²) >= 11 is 0. The first-order chi connectivity index (χ1) is 11.5. The smallest absolute Gasteiger partial charge is 0.244 e. The lowest BCUT2D eigenvalue weighted by Gasteiger charge is -2.39. The van der Waals surface area contributed by atoms with Crippen molar-refractivity contribution >= 4 is 11.6 Å². The summed E-state index contributed by atoms with van der Waals surface area (Å²) in [5, 5.41) is 3.47. The highest BCUT2D eigenvalue weighted by Gasteiger charge is 2.32. The van der Waals surface area contributed by atoms with E-state index in [1.54, 1.807) is 0 Å². The molecule has 5 nitrogen and oxygen atoms in total. The summed E-state index contributed by atoms with van der Waals surface area (Å²) in [6, 6.07) is 8.63. The van der Waals surface area contributed by atoms with Crippen LogP contribution in [0.3, 0.4) is 0 Å². The van der Waals surface area contributed by atoms with Crippen LogP contribution in [0.5, 0.6) is 0 Å². The number of benzene rings is 1. The number of hydrogen-bond acceptors (Lipinski definition) is 4. The first-order valence-electron chi connectivity index (χ1n) is 9.01. The van der Waals surface area contributed by atoms with Gasteiger partial charge < -0.3 is 15.1 Å². The molecule has 1 aromatic rings. The van der Waals surface area contributed by atoms with Crippen molar-refractivity contribution in [3.63, 3.8) is 0 Å². The van der Waals surface area contributed by atoms with E-state index in [1.807, 2.05) is 32.8 Å². The predicted molar refractivity (Wildman–Crippen MR) is 100 cm³/mol. The normalized spacial score (nSPS) is 19.8. The van der Waals surface area contributed by atoms with E-state index in [9.17, 15) is 4.79 Å². The Bertz CT molecular complexity index is 525. The molecule has 2 unspecified atom stereocenters. The molecule has 134 valence electrons. The Morgan fingerprint density at radius 1 is 1.25 bits per heavy atom. The highest BCUT2D eigenvalue weighted by atomic mass is 16.2. The van der Waals surface area contributed by atoms with Crippen molar-refractivity contribution in [2.24, 2.45) is 0 Å². The molecule has 0 spiro atoms. The molecule has 2 atom stereocenters. The Morgan fingerprint density at radius 2 is 1.88 bits per heavy atom. The Balaban J connectivity index is 2.32. The maximum atomic E-state index is 13.2. The lowest BCUT2D eigenvalue weighted by molar-refractivity contribution is -0.137. The molecule has 1 amide bonds. The van der Waals surface area contributed by atoms with Gasteiger partial charge in [0, 0.05) is 58.5 Å². The highest BCUT2D eigenvalue weighted by molar-refractivity contribution is 5.83. The summed E-state index contributed by atoms with van der Waals surface area (Å²) in [4.78, 5) is 19.5. The molecule has 24 heavy (non-hydrogen) atoms. The Labute approximate surface area is 146 Å². The lowest BCUT2D eigenvalue weighted by Crippen LogP contribution is -2.53. The summed E-state index contributed by atoms with van der Waals surface area (Å²) in [6.45, 7) is 10.5. The zero-order valence-corrected chi connectivity index (χ0v) is 15.7. The van der Waals surface area contributed by atoms with Gasteiger partial charge in [-0.1, -0.05) is 12.1 Å². The van der Waals surface area contributed by atoms with Gasteiger partial charge in [0.15, 0.2) is 0 Å². The van der Waals surface area contributed by atoms with E-state index in [4.69, 9.17) is 0 Å². The number of carbonyl (C=O) groups excluding carboxylic acids is 1. The van der Waals surface area contributed by atoms with Gasteiger partial charge in [0.25, 0.3) is 0 Å². The van der Waals surface area contributed by atoms with E-state index in [0.717, 1.165) is 44.0 Å². The van der Waals surface area contributed by atoms with Crippen molar-refractivity contribution in [3.05, 3.63) is 29.8 Å². The van der Waals surface area contributed by atoms with Crippen molar-refractivity contribution in [3.8, 4) is 0 Å². The molecule has 1 aliphatic heterocycles. The number of likely N-dealkylation sites (N-methyl/N-ethyl adjacent to an activating group) is 1. The maximum absolute atomic E-state index is 13.2. The minimum absolute atomic E-state index is 0.189. The van der Waals surface area contributed by atoms with Crippen molar-refractivity contribution in [2.75, 3.05) is 51.7 Å². The number of nitrogens with one attached hydrogen (secondary N) is 1. The molecule has 1 saturated heterocycles. The van der Waals surface area contributed by atoms with Crippen LogP contribution in [0.2, 0.25) is 0 Å². The largest absolute Gasteiger partial charge is 0.378 e.